The van der Waals surface area contributed by atoms with E-state index in [1.165, 1.54) is 19.1 Å². The molecule has 25 heavy (non-hydrogen) atoms. The highest BCUT2D eigenvalue weighted by Crippen LogP contribution is 2.27. The van der Waals surface area contributed by atoms with Gasteiger partial charge in [0.15, 0.2) is 5.82 Å². The van der Waals surface area contributed by atoms with Crippen molar-refractivity contribution in [1.29, 1.82) is 0 Å². The van der Waals surface area contributed by atoms with Crippen LogP contribution in [-0.4, -0.2) is 52.5 Å². The molecule has 0 aliphatic carbocycles. The third-order valence-corrected chi connectivity index (χ3v) is 4.41. The first-order valence-electron chi connectivity index (χ1n) is 8.13. The van der Waals surface area contributed by atoms with Crippen molar-refractivity contribution in [2.75, 3.05) is 26.7 Å². The molecule has 1 amide bonds. The fourth-order valence-electron chi connectivity index (χ4n) is 2.71. The van der Waals surface area contributed by atoms with Crippen LogP contribution < -0.4 is 0 Å². The minimum atomic E-state index is -0.573. The molecule has 134 valence electrons. The molecule has 0 radical (unpaired) electrons. The molecular formula is C17H20F2N4O2. The van der Waals surface area contributed by atoms with E-state index in [1.54, 1.807) is 11.9 Å². The van der Waals surface area contributed by atoms with Crippen LogP contribution in [0.1, 0.15) is 30.1 Å². The van der Waals surface area contributed by atoms with Crippen molar-refractivity contribution in [3.05, 3.63) is 47.1 Å². The minimum Gasteiger partial charge on any atom is -0.346 e. The molecule has 1 fully saturated rings. The molecule has 0 unspecified atom stereocenters. The molecule has 0 spiro atoms. The Morgan fingerprint density at radius 3 is 2.84 bits per heavy atom. The summed E-state index contributed by atoms with van der Waals surface area (Å²) < 4.78 is 31.9. The Hall–Kier alpha value is -2.35. The summed E-state index contributed by atoms with van der Waals surface area (Å²) in [5.41, 5.74) is 0.471. The SMILES string of the molecule is CC(=O)N(C)CCc1noc(C2CN(Cc3ccc(F)cc3F)C2)n1. The Labute approximate surface area is 144 Å². The van der Waals surface area contributed by atoms with Gasteiger partial charge < -0.3 is 9.42 Å². The summed E-state index contributed by atoms with van der Waals surface area (Å²) in [6.07, 6.45) is 0.538. The van der Waals surface area contributed by atoms with Crippen molar-refractivity contribution in [1.82, 2.24) is 19.9 Å². The highest BCUT2D eigenvalue weighted by molar-refractivity contribution is 5.72. The molecule has 1 saturated heterocycles. The first-order valence-corrected chi connectivity index (χ1v) is 8.13. The predicted molar refractivity (Wildman–Crippen MR) is 85.7 cm³/mol. The Bertz CT molecular complexity index is 759. The first-order chi connectivity index (χ1) is 11.9. The number of carbonyl (C=O) groups excluding carboxylic acids is 1. The van der Waals surface area contributed by atoms with Gasteiger partial charge in [-0.2, -0.15) is 4.98 Å². The number of benzene rings is 1. The van der Waals surface area contributed by atoms with Crippen LogP contribution in [0.2, 0.25) is 0 Å². The smallest absolute Gasteiger partial charge is 0.232 e. The molecule has 3 rings (SSSR count). The Morgan fingerprint density at radius 2 is 2.16 bits per heavy atom. The largest absolute Gasteiger partial charge is 0.346 e. The Kier molecular flexibility index (Phi) is 5.08. The monoisotopic (exact) mass is 350 g/mol. The second kappa shape index (κ2) is 7.26. The van der Waals surface area contributed by atoms with Crippen LogP contribution in [0.4, 0.5) is 8.78 Å². The molecule has 0 atom stereocenters. The average molecular weight is 350 g/mol. The van der Waals surface area contributed by atoms with Gasteiger partial charge in [-0.25, -0.2) is 8.78 Å². The van der Waals surface area contributed by atoms with Gasteiger partial charge in [-0.05, 0) is 6.07 Å². The number of aromatic nitrogens is 2. The summed E-state index contributed by atoms with van der Waals surface area (Å²) in [5.74, 6) is 0.152. The standard InChI is InChI=1S/C17H20F2N4O2/c1-11(24)22(2)6-5-16-20-17(25-21-16)13-9-23(10-13)8-12-3-4-14(18)7-15(12)19/h3-4,7,13H,5-6,8-10H2,1-2H3. The average Bonchev–Trinajstić information content (AvgIpc) is 2.98. The second-order valence-electron chi connectivity index (χ2n) is 6.37. The van der Waals surface area contributed by atoms with Gasteiger partial charge in [0.1, 0.15) is 11.6 Å². The molecule has 1 aromatic heterocycles. The Morgan fingerprint density at radius 1 is 1.40 bits per heavy atom. The first kappa shape index (κ1) is 17.5. The van der Waals surface area contributed by atoms with Crippen LogP contribution in [-0.2, 0) is 17.8 Å². The molecular weight excluding hydrogens is 330 g/mol. The lowest BCUT2D eigenvalue weighted by molar-refractivity contribution is -0.127. The normalized spacial score (nSPS) is 15.2. The number of nitrogens with zero attached hydrogens (tertiary/aromatic N) is 4. The molecule has 0 saturated carbocycles. The van der Waals surface area contributed by atoms with Gasteiger partial charge in [0.25, 0.3) is 0 Å². The third kappa shape index (κ3) is 4.19. The molecule has 8 heteroatoms. The number of rotatable bonds is 6. The van der Waals surface area contributed by atoms with Gasteiger partial charge in [0, 0.05) is 58.2 Å². The summed E-state index contributed by atoms with van der Waals surface area (Å²) >= 11 is 0. The van der Waals surface area contributed by atoms with Crippen molar-refractivity contribution in [3.63, 3.8) is 0 Å². The number of halogens is 2. The summed E-state index contributed by atoms with van der Waals surface area (Å²) in [5, 5.41) is 3.94. The fraction of sp³-hybridized carbons (Fsp3) is 0.471. The van der Waals surface area contributed by atoms with E-state index in [0.717, 1.165) is 6.07 Å². The van der Waals surface area contributed by atoms with E-state index in [4.69, 9.17) is 4.52 Å². The highest BCUT2D eigenvalue weighted by Gasteiger charge is 2.32. The lowest BCUT2D eigenvalue weighted by Crippen LogP contribution is -2.44. The number of hydrogen-bond donors (Lipinski definition) is 0. The van der Waals surface area contributed by atoms with Crippen LogP contribution in [0.3, 0.4) is 0 Å². The van der Waals surface area contributed by atoms with Crippen molar-refractivity contribution >= 4 is 5.91 Å². The van der Waals surface area contributed by atoms with Crippen molar-refractivity contribution in [3.8, 4) is 0 Å². The van der Waals surface area contributed by atoms with E-state index in [9.17, 15) is 13.6 Å². The van der Waals surface area contributed by atoms with Gasteiger partial charge in [-0.3, -0.25) is 9.69 Å². The van der Waals surface area contributed by atoms with Crippen LogP contribution in [0.25, 0.3) is 0 Å². The molecule has 1 aromatic carbocycles. The van der Waals surface area contributed by atoms with Crippen LogP contribution in [0.15, 0.2) is 22.7 Å². The van der Waals surface area contributed by atoms with E-state index < -0.39 is 11.6 Å². The lowest BCUT2D eigenvalue weighted by Gasteiger charge is -2.37. The molecule has 2 heterocycles. The van der Waals surface area contributed by atoms with Crippen molar-refractivity contribution in [2.24, 2.45) is 0 Å². The van der Waals surface area contributed by atoms with E-state index in [1.807, 2.05) is 4.90 Å². The molecule has 0 bridgehead atoms. The number of hydrogen-bond acceptors (Lipinski definition) is 5. The molecule has 0 N–H and O–H groups in total. The zero-order chi connectivity index (χ0) is 18.0. The molecule has 2 aromatic rings. The zero-order valence-electron chi connectivity index (χ0n) is 14.2. The lowest BCUT2D eigenvalue weighted by atomic mass is 9.99. The van der Waals surface area contributed by atoms with Crippen LogP contribution in [0, 0.1) is 11.6 Å². The second-order valence-corrected chi connectivity index (χ2v) is 6.37. The molecule has 1 aliphatic rings. The zero-order valence-corrected chi connectivity index (χ0v) is 14.2. The van der Waals surface area contributed by atoms with E-state index in [2.05, 4.69) is 10.1 Å². The van der Waals surface area contributed by atoms with E-state index >= 15 is 0 Å². The topological polar surface area (TPSA) is 62.5 Å². The van der Waals surface area contributed by atoms with Gasteiger partial charge in [0.05, 0.1) is 5.92 Å². The maximum absolute atomic E-state index is 13.7. The minimum absolute atomic E-state index is 0.00798. The fourth-order valence-corrected chi connectivity index (χ4v) is 2.71. The Balaban J connectivity index is 1.49. The van der Waals surface area contributed by atoms with Gasteiger partial charge in [-0.1, -0.05) is 11.2 Å². The highest BCUT2D eigenvalue weighted by atomic mass is 19.1. The number of amides is 1. The number of likely N-dealkylation sites (N-methyl/N-ethyl adjacent to an activating group) is 1. The van der Waals surface area contributed by atoms with Crippen LogP contribution in [0.5, 0.6) is 0 Å². The summed E-state index contributed by atoms with van der Waals surface area (Å²) in [4.78, 5) is 19.2. The summed E-state index contributed by atoms with van der Waals surface area (Å²) in [7, 11) is 1.72. The quantitative estimate of drug-likeness (QED) is 0.797. The van der Waals surface area contributed by atoms with Crippen molar-refractivity contribution < 1.29 is 18.1 Å². The van der Waals surface area contributed by atoms with E-state index in [-0.39, 0.29) is 11.8 Å². The number of carbonyl (C=O) groups is 1. The summed E-state index contributed by atoms with van der Waals surface area (Å²) in [6.45, 7) is 3.84. The third-order valence-electron chi connectivity index (χ3n) is 4.41. The van der Waals surface area contributed by atoms with Gasteiger partial charge >= 0.3 is 0 Å². The number of likely N-dealkylation sites (tertiary alicyclic amines) is 1. The molecule has 6 nitrogen and oxygen atoms in total. The van der Waals surface area contributed by atoms with Gasteiger partial charge in [-0.15, -0.1) is 0 Å². The van der Waals surface area contributed by atoms with Crippen LogP contribution >= 0.6 is 0 Å². The van der Waals surface area contributed by atoms with Gasteiger partial charge in [0.2, 0.25) is 11.8 Å². The van der Waals surface area contributed by atoms with E-state index in [0.29, 0.717) is 49.9 Å². The maximum atomic E-state index is 13.7. The molecule has 1 aliphatic heterocycles. The summed E-state index contributed by atoms with van der Waals surface area (Å²) in [6, 6.07) is 3.63. The van der Waals surface area contributed by atoms with Crippen molar-refractivity contribution in [2.45, 2.75) is 25.8 Å². The maximum Gasteiger partial charge on any atom is 0.232 e. The predicted octanol–water partition coefficient (Wildman–Crippen LogP) is 1.97.